The zero-order chi connectivity index (χ0) is 23.9. The van der Waals surface area contributed by atoms with Crippen LogP contribution in [0.4, 0.5) is 0 Å². The Morgan fingerprint density at radius 3 is 1.61 bits per heavy atom. The van der Waals surface area contributed by atoms with Crippen LogP contribution in [0.25, 0.3) is 0 Å². The molecule has 0 spiro atoms. The van der Waals surface area contributed by atoms with E-state index in [0.29, 0.717) is 0 Å². The van der Waals surface area contributed by atoms with Crippen molar-refractivity contribution in [2.45, 2.75) is 62.2 Å². The Kier molecular flexibility index (Phi) is 8.56. The molecule has 33 heavy (non-hydrogen) atoms. The molecule has 0 aliphatic heterocycles. The van der Waals surface area contributed by atoms with Gasteiger partial charge in [0.25, 0.3) is 0 Å². The summed E-state index contributed by atoms with van der Waals surface area (Å²) >= 11 is 1.08. The normalized spacial score (nSPS) is 11.9. The van der Waals surface area contributed by atoms with E-state index in [9.17, 15) is 16.8 Å². The van der Waals surface area contributed by atoms with Crippen LogP contribution in [0.2, 0.25) is 0 Å². The van der Waals surface area contributed by atoms with Crippen LogP contribution in [0.1, 0.15) is 50.7 Å². The molecule has 178 valence electrons. The van der Waals surface area contributed by atoms with Crippen LogP contribution < -0.4 is 8.37 Å². The molecule has 2 aromatic carbocycles. The predicted octanol–water partition coefficient (Wildman–Crippen LogP) is 5.97. The molecule has 0 saturated carbocycles. The Balaban J connectivity index is 1.71. The van der Waals surface area contributed by atoms with Crippen molar-refractivity contribution in [1.82, 2.24) is 0 Å². The molecule has 1 aromatic heterocycles. The Bertz CT molecular complexity index is 1240. The highest BCUT2D eigenvalue weighted by atomic mass is 32.2. The molecule has 0 amide bonds. The summed E-state index contributed by atoms with van der Waals surface area (Å²) in [7, 11) is -8.29. The number of rotatable bonds is 12. The van der Waals surface area contributed by atoms with Crippen LogP contribution in [-0.4, -0.2) is 16.8 Å². The molecule has 6 nitrogen and oxygen atoms in total. The van der Waals surface area contributed by atoms with Crippen LogP contribution in [0, 0.1) is 0 Å². The molecular weight excluding hydrogens is 480 g/mol. The second kappa shape index (κ2) is 11.2. The summed E-state index contributed by atoms with van der Waals surface area (Å²) in [6.45, 7) is 4.12. The molecule has 0 aliphatic carbocycles. The maximum Gasteiger partial charge on any atom is 0.339 e. The minimum Gasteiger partial charge on any atom is -0.374 e. The van der Waals surface area contributed by atoms with Gasteiger partial charge in [0, 0.05) is 10.8 Å². The Morgan fingerprint density at radius 1 is 0.667 bits per heavy atom. The van der Waals surface area contributed by atoms with Gasteiger partial charge in [-0.3, -0.25) is 0 Å². The van der Waals surface area contributed by atoms with E-state index in [2.05, 4.69) is 6.92 Å². The third-order valence-corrected chi connectivity index (χ3v) is 8.34. The summed E-state index contributed by atoms with van der Waals surface area (Å²) in [5.74, 6) is -0.340. The van der Waals surface area contributed by atoms with Gasteiger partial charge in [0.15, 0.2) is 11.5 Å². The molecular formula is C24H28O6S3. The smallest absolute Gasteiger partial charge is 0.339 e. The summed E-state index contributed by atoms with van der Waals surface area (Å²) in [4.78, 5) is -0.0239. The molecule has 0 fully saturated rings. The second-order valence-electron chi connectivity index (χ2n) is 7.63. The molecule has 0 radical (unpaired) electrons. The number of unbranched alkanes of at least 4 members (excludes halogenated alkanes) is 3. The molecule has 3 aromatic rings. The molecule has 0 unspecified atom stereocenters. The summed E-state index contributed by atoms with van der Waals surface area (Å²) in [6, 6.07) is 12.9. The van der Waals surface area contributed by atoms with Gasteiger partial charge in [-0.25, -0.2) is 0 Å². The van der Waals surface area contributed by atoms with Gasteiger partial charge in [-0.1, -0.05) is 57.4 Å². The van der Waals surface area contributed by atoms with Crippen molar-refractivity contribution >= 4 is 31.6 Å². The van der Waals surface area contributed by atoms with E-state index in [4.69, 9.17) is 8.37 Å². The second-order valence-corrected chi connectivity index (χ2v) is 11.5. The van der Waals surface area contributed by atoms with Crippen molar-refractivity contribution in [2.24, 2.45) is 0 Å². The summed E-state index contributed by atoms with van der Waals surface area (Å²) < 4.78 is 61.2. The zero-order valence-corrected chi connectivity index (χ0v) is 21.1. The molecule has 3 rings (SSSR count). The highest BCUT2D eigenvalue weighted by Gasteiger charge is 2.24. The lowest BCUT2D eigenvalue weighted by Crippen LogP contribution is -2.13. The van der Waals surface area contributed by atoms with E-state index in [-0.39, 0.29) is 21.3 Å². The van der Waals surface area contributed by atoms with E-state index in [0.717, 1.165) is 54.6 Å². The minimum absolute atomic E-state index is 0.00466. The lowest BCUT2D eigenvalue weighted by Gasteiger charge is -2.10. The average molecular weight is 509 g/mol. The van der Waals surface area contributed by atoms with E-state index in [1.54, 1.807) is 24.3 Å². The van der Waals surface area contributed by atoms with E-state index >= 15 is 0 Å². The number of thiophene rings is 1. The summed E-state index contributed by atoms with van der Waals surface area (Å²) in [5.41, 5.74) is 2.05. The SMILES string of the molecule is CCCCCCc1ccc(S(=O)(=O)Oc2cscc2OS(=O)(=O)c2ccc(CC)cc2)cc1. The number of hydrogen-bond acceptors (Lipinski definition) is 7. The molecule has 0 saturated heterocycles. The Hall–Kier alpha value is -2.36. The topological polar surface area (TPSA) is 86.7 Å². The first-order valence-corrected chi connectivity index (χ1v) is 14.6. The van der Waals surface area contributed by atoms with Crippen molar-refractivity contribution in [2.75, 3.05) is 0 Å². The van der Waals surface area contributed by atoms with Crippen molar-refractivity contribution in [1.29, 1.82) is 0 Å². The monoisotopic (exact) mass is 508 g/mol. The number of hydrogen-bond donors (Lipinski definition) is 0. The molecule has 0 atom stereocenters. The third-order valence-electron chi connectivity index (χ3n) is 5.14. The molecule has 9 heteroatoms. The summed E-state index contributed by atoms with van der Waals surface area (Å²) in [5, 5.41) is 2.78. The van der Waals surface area contributed by atoms with Gasteiger partial charge in [0.2, 0.25) is 0 Å². The highest BCUT2D eigenvalue weighted by molar-refractivity contribution is 7.87. The van der Waals surface area contributed by atoms with Gasteiger partial charge >= 0.3 is 20.2 Å². The van der Waals surface area contributed by atoms with Gasteiger partial charge < -0.3 is 8.37 Å². The van der Waals surface area contributed by atoms with Gasteiger partial charge in [0.1, 0.15) is 9.79 Å². The predicted molar refractivity (Wildman–Crippen MR) is 130 cm³/mol. The van der Waals surface area contributed by atoms with Crippen molar-refractivity contribution < 1.29 is 25.2 Å². The minimum atomic E-state index is -4.15. The summed E-state index contributed by atoms with van der Waals surface area (Å²) in [6.07, 6.45) is 6.22. The van der Waals surface area contributed by atoms with Gasteiger partial charge in [0.05, 0.1) is 0 Å². The fourth-order valence-corrected chi connectivity index (χ4v) is 5.83. The lowest BCUT2D eigenvalue weighted by molar-refractivity contribution is 0.451. The van der Waals surface area contributed by atoms with Crippen molar-refractivity contribution in [3.8, 4) is 11.5 Å². The number of aryl methyl sites for hydroxylation is 2. The van der Waals surface area contributed by atoms with Gasteiger partial charge in [-0.15, -0.1) is 11.3 Å². The Labute approximate surface area is 200 Å². The van der Waals surface area contributed by atoms with Crippen LogP contribution in [0.3, 0.4) is 0 Å². The fourth-order valence-electron chi connectivity index (χ4n) is 3.20. The van der Waals surface area contributed by atoms with E-state index in [1.807, 2.05) is 6.92 Å². The van der Waals surface area contributed by atoms with Gasteiger partial charge in [-0.05, 0) is 54.7 Å². The highest BCUT2D eigenvalue weighted by Crippen LogP contribution is 2.36. The maximum absolute atomic E-state index is 12.7. The maximum atomic E-state index is 12.7. The van der Waals surface area contributed by atoms with Crippen LogP contribution in [-0.2, 0) is 33.1 Å². The zero-order valence-electron chi connectivity index (χ0n) is 18.7. The first-order chi connectivity index (χ1) is 15.7. The molecule has 0 aliphatic rings. The standard InChI is InChI=1S/C24H28O6S3/c1-3-5-6-7-8-20-11-15-22(16-12-20)33(27,28)30-24-18-31-17-23(24)29-32(25,26)21-13-9-19(4-2)10-14-21/h9-18H,3-8H2,1-2H3. The van der Waals surface area contributed by atoms with Crippen LogP contribution in [0.15, 0.2) is 69.1 Å². The quantitative estimate of drug-likeness (QED) is 0.221. The van der Waals surface area contributed by atoms with E-state index < -0.39 is 20.2 Å². The first kappa shape index (κ1) is 25.3. The molecule has 0 N–H and O–H groups in total. The molecule has 1 heterocycles. The Morgan fingerprint density at radius 2 is 1.15 bits per heavy atom. The average Bonchev–Trinajstić information content (AvgIpc) is 3.22. The largest absolute Gasteiger partial charge is 0.374 e. The van der Waals surface area contributed by atoms with Crippen LogP contribution >= 0.6 is 11.3 Å². The third kappa shape index (κ3) is 6.82. The lowest BCUT2D eigenvalue weighted by atomic mass is 10.1. The van der Waals surface area contributed by atoms with Gasteiger partial charge in [-0.2, -0.15) is 16.8 Å². The van der Waals surface area contributed by atoms with E-state index in [1.165, 1.54) is 41.4 Å². The van der Waals surface area contributed by atoms with Crippen LogP contribution in [0.5, 0.6) is 11.5 Å². The van der Waals surface area contributed by atoms with Crippen molar-refractivity contribution in [3.05, 3.63) is 70.4 Å². The molecule has 0 bridgehead atoms. The fraction of sp³-hybridized carbons (Fsp3) is 0.333. The van der Waals surface area contributed by atoms with Crippen molar-refractivity contribution in [3.63, 3.8) is 0 Å². The number of benzene rings is 2. The first-order valence-electron chi connectivity index (χ1n) is 10.9.